The second-order valence-electron chi connectivity index (χ2n) is 14.7. The van der Waals surface area contributed by atoms with E-state index < -0.39 is 0 Å². The molecular weight excluding hydrogens is 713 g/mol. The molecule has 2 fully saturated rings. The standard InChI is InChI=1S/C47H42N6O4/c1-32-23-40(56-30-44-48-18-3-19-49-44)27-46(54)52(32)22-17-36-7-5-34(6-8-36)13-15-38-25-42(38)43-26-39(43)16-14-35-9-11-37(12-10-35)29-53-33(2)24-41(28-47(53)55)57-31-45-50-20-4-21-51-45/h3-12,18-21,23-24,27-28,38-39,42-43H,17,22,25-26,29-31H2,1-2H3. The van der Waals surface area contributed by atoms with Crippen LogP contribution in [0.3, 0.4) is 0 Å². The first kappa shape index (κ1) is 37.2. The van der Waals surface area contributed by atoms with Crippen LogP contribution in [-0.2, 0) is 32.7 Å². The molecule has 2 saturated carbocycles. The summed E-state index contributed by atoms with van der Waals surface area (Å²) in [5.41, 5.74) is 5.64. The number of pyridine rings is 2. The van der Waals surface area contributed by atoms with Crippen LogP contribution in [-0.4, -0.2) is 29.1 Å². The molecule has 8 rings (SSSR count). The SMILES string of the molecule is Cc1cc(OCc2ncccn2)cc(=O)n1CCc1ccc(C#CC2CC2C2CC2C#Cc2ccc(Cn3c(C)cc(OCc4ncccn4)cc3=O)cc2)cc1. The average Bonchev–Trinajstić information content (AvgIpc) is 4.16. The topological polar surface area (TPSA) is 114 Å². The number of hydrogen-bond donors (Lipinski definition) is 0. The van der Waals surface area contributed by atoms with Crippen LogP contribution in [0.5, 0.6) is 11.5 Å². The van der Waals surface area contributed by atoms with Gasteiger partial charge in [0, 0.05) is 77.8 Å². The van der Waals surface area contributed by atoms with E-state index in [4.69, 9.17) is 9.47 Å². The highest BCUT2D eigenvalue weighted by Crippen LogP contribution is 2.57. The van der Waals surface area contributed by atoms with Crippen LogP contribution in [0.4, 0.5) is 0 Å². The van der Waals surface area contributed by atoms with Crippen LogP contribution < -0.4 is 20.6 Å². The molecule has 4 heterocycles. The van der Waals surface area contributed by atoms with Gasteiger partial charge >= 0.3 is 0 Å². The van der Waals surface area contributed by atoms with E-state index in [0.717, 1.165) is 52.9 Å². The molecule has 4 aromatic heterocycles. The minimum atomic E-state index is -0.119. The van der Waals surface area contributed by atoms with E-state index in [1.165, 1.54) is 12.1 Å². The highest BCUT2D eigenvalue weighted by Gasteiger charge is 2.52. The highest BCUT2D eigenvalue weighted by molar-refractivity contribution is 5.40. The van der Waals surface area contributed by atoms with Crippen molar-refractivity contribution in [3.05, 3.63) is 176 Å². The molecule has 2 aliphatic rings. The summed E-state index contributed by atoms with van der Waals surface area (Å²) in [4.78, 5) is 42.4. The van der Waals surface area contributed by atoms with Crippen molar-refractivity contribution in [1.82, 2.24) is 29.1 Å². The third-order valence-corrected chi connectivity index (χ3v) is 10.5. The Kier molecular flexibility index (Phi) is 11.0. The normalized spacial score (nSPS) is 17.7. The Bertz CT molecular complexity index is 2600. The summed E-state index contributed by atoms with van der Waals surface area (Å²) in [5.74, 6) is 18.1. The summed E-state index contributed by atoms with van der Waals surface area (Å²) in [6.07, 6.45) is 9.69. The first-order valence-electron chi connectivity index (χ1n) is 19.3. The molecule has 0 saturated heterocycles. The molecule has 2 aromatic carbocycles. The molecule has 10 heteroatoms. The molecule has 6 aromatic rings. The van der Waals surface area contributed by atoms with Crippen LogP contribution in [0, 0.1) is 61.2 Å². The lowest BCUT2D eigenvalue weighted by molar-refractivity contribution is 0.294. The monoisotopic (exact) mass is 754 g/mol. The summed E-state index contributed by atoms with van der Waals surface area (Å²) in [6.45, 7) is 5.30. The van der Waals surface area contributed by atoms with E-state index in [0.29, 0.717) is 59.9 Å². The summed E-state index contributed by atoms with van der Waals surface area (Å²) in [6, 6.07) is 26.8. The number of nitrogens with zero attached hydrogens (tertiary/aromatic N) is 6. The molecule has 284 valence electrons. The first-order chi connectivity index (χ1) is 27.8. The van der Waals surface area contributed by atoms with Crippen LogP contribution in [0.1, 0.15) is 58.1 Å². The summed E-state index contributed by atoms with van der Waals surface area (Å²) < 4.78 is 15.0. The zero-order valence-corrected chi connectivity index (χ0v) is 32.0. The van der Waals surface area contributed by atoms with Crippen LogP contribution in [0.25, 0.3) is 0 Å². The molecule has 4 unspecified atom stereocenters. The van der Waals surface area contributed by atoms with Crippen molar-refractivity contribution < 1.29 is 9.47 Å². The maximum atomic E-state index is 12.9. The molecule has 0 N–H and O–H groups in total. The van der Waals surface area contributed by atoms with E-state index in [9.17, 15) is 9.59 Å². The maximum absolute atomic E-state index is 12.9. The summed E-state index contributed by atoms with van der Waals surface area (Å²) in [7, 11) is 0. The van der Waals surface area contributed by atoms with E-state index in [1.807, 2.05) is 50.2 Å². The highest BCUT2D eigenvalue weighted by atomic mass is 16.5. The number of aryl methyl sites for hydroxylation is 3. The Hall–Kier alpha value is -6.78. The van der Waals surface area contributed by atoms with Gasteiger partial charge in [-0.15, -0.1) is 0 Å². The van der Waals surface area contributed by atoms with Gasteiger partial charge in [0.1, 0.15) is 24.7 Å². The molecule has 57 heavy (non-hydrogen) atoms. The minimum Gasteiger partial charge on any atom is -0.485 e. The lowest BCUT2D eigenvalue weighted by atomic mass is 10.1. The van der Waals surface area contributed by atoms with Crippen LogP contribution in [0.2, 0.25) is 0 Å². The smallest absolute Gasteiger partial charge is 0.254 e. The summed E-state index contributed by atoms with van der Waals surface area (Å²) >= 11 is 0. The fraction of sp³-hybridized carbons (Fsp3) is 0.277. The number of benzene rings is 2. The van der Waals surface area contributed by atoms with Crippen molar-refractivity contribution in [2.75, 3.05) is 0 Å². The Morgan fingerprint density at radius 3 is 1.54 bits per heavy atom. The van der Waals surface area contributed by atoms with E-state index in [2.05, 4.69) is 67.9 Å². The predicted molar refractivity (Wildman–Crippen MR) is 216 cm³/mol. The molecular formula is C47H42N6O4. The van der Waals surface area contributed by atoms with Crippen molar-refractivity contribution >= 4 is 0 Å². The van der Waals surface area contributed by atoms with Crippen molar-refractivity contribution in [3.8, 4) is 35.2 Å². The maximum Gasteiger partial charge on any atom is 0.254 e. The molecule has 0 aliphatic heterocycles. The van der Waals surface area contributed by atoms with Crippen LogP contribution in [0.15, 0.2) is 119 Å². The van der Waals surface area contributed by atoms with Crippen molar-refractivity contribution in [1.29, 1.82) is 0 Å². The van der Waals surface area contributed by atoms with Gasteiger partial charge in [0.15, 0.2) is 11.6 Å². The average molecular weight is 755 g/mol. The van der Waals surface area contributed by atoms with Crippen molar-refractivity contribution in [2.45, 2.75) is 59.4 Å². The van der Waals surface area contributed by atoms with E-state index in [-0.39, 0.29) is 24.3 Å². The Balaban J connectivity index is 0.776. The van der Waals surface area contributed by atoms with Gasteiger partial charge in [0.2, 0.25) is 0 Å². The van der Waals surface area contributed by atoms with Gasteiger partial charge in [0.25, 0.3) is 11.1 Å². The molecule has 10 nitrogen and oxygen atoms in total. The van der Waals surface area contributed by atoms with Gasteiger partial charge in [-0.25, -0.2) is 19.9 Å². The van der Waals surface area contributed by atoms with Gasteiger partial charge in [-0.1, -0.05) is 47.9 Å². The van der Waals surface area contributed by atoms with Crippen molar-refractivity contribution in [2.24, 2.45) is 23.7 Å². The first-order valence-corrected chi connectivity index (χ1v) is 19.3. The van der Waals surface area contributed by atoms with Gasteiger partial charge in [-0.05, 0) is 105 Å². The number of rotatable bonds is 12. The third-order valence-electron chi connectivity index (χ3n) is 10.5. The zero-order valence-electron chi connectivity index (χ0n) is 32.0. The Morgan fingerprint density at radius 2 is 1.07 bits per heavy atom. The third kappa shape index (κ3) is 9.73. The Labute approximate surface area is 331 Å². The number of ether oxygens (including phenoxy) is 2. The fourth-order valence-electron chi connectivity index (χ4n) is 7.09. The van der Waals surface area contributed by atoms with Gasteiger partial charge < -0.3 is 18.6 Å². The second kappa shape index (κ2) is 16.9. The van der Waals surface area contributed by atoms with Gasteiger partial charge in [-0.3, -0.25) is 9.59 Å². The largest absolute Gasteiger partial charge is 0.485 e. The lowest BCUT2D eigenvalue weighted by Crippen LogP contribution is -2.22. The number of aromatic nitrogens is 6. The fourth-order valence-corrected chi connectivity index (χ4v) is 7.09. The molecule has 0 amide bonds. The predicted octanol–water partition coefficient (Wildman–Crippen LogP) is 6.33. The lowest BCUT2D eigenvalue weighted by Gasteiger charge is -2.12. The molecule has 0 radical (unpaired) electrons. The van der Waals surface area contributed by atoms with E-state index >= 15 is 0 Å². The van der Waals surface area contributed by atoms with Crippen molar-refractivity contribution in [3.63, 3.8) is 0 Å². The van der Waals surface area contributed by atoms with Crippen LogP contribution >= 0.6 is 0 Å². The quantitative estimate of drug-likeness (QED) is 0.133. The number of hydrogen-bond acceptors (Lipinski definition) is 8. The molecule has 4 atom stereocenters. The van der Waals surface area contributed by atoms with E-state index in [1.54, 1.807) is 46.1 Å². The zero-order chi connectivity index (χ0) is 39.1. The minimum absolute atomic E-state index is 0.0918. The Morgan fingerprint density at radius 1 is 0.614 bits per heavy atom. The molecule has 2 aliphatic carbocycles. The molecule has 0 bridgehead atoms. The van der Waals surface area contributed by atoms with Gasteiger partial charge in [0.05, 0.1) is 6.54 Å². The van der Waals surface area contributed by atoms with Gasteiger partial charge in [-0.2, -0.15) is 0 Å². The summed E-state index contributed by atoms with van der Waals surface area (Å²) in [5, 5.41) is 0. The second-order valence-corrected chi connectivity index (χ2v) is 14.7. The molecule has 0 spiro atoms.